The number of amides is 1. The largest absolute Gasteiger partial charge is 0.506 e. The van der Waals surface area contributed by atoms with Gasteiger partial charge in [0, 0.05) is 0 Å². The Bertz CT molecular complexity index is 375. The SMILES string of the molecule is Cc1ccc(NC(=O)OCC(C)C)c(O)c1. The Morgan fingerprint density at radius 1 is 1.50 bits per heavy atom. The Hall–Kier alpha value is -1.71. The van der Waals surface area contributed by atoms with Crippen molar-refractivity contribution in [3.05, 3.63) is 23.8 Å². The number of carbonyl (C=O) groups is 1. The summed E-state index contributed by atoms with van der Waals surface area (Å²) >= 11 is 0. The minimum absolute atomic E-state index is 0.0431. The molecule has 0 aliphatic heterocycles. The Kier molecular flexibility index (Phi) is 4.17. The van der Waals surface area contributed by atoms with Crippen LogP contribution in [0.4, 0.5) is 10.5 Å². The number of aromatic hydroxyl groups is 1. The van der Waals surface area contributed by atoms with E-state index in [9.17, 15) is 9.90 Å². The number of carbonyl (C=O) groups excluding carboxylic acids is 1. The smallest absolute Gasteiger partial charge is 0.411 e. The average Bonchev–Trinajstić information content (AvgIpc) is 2.19. The molecule has 0 bridgehead atoms. The molecule has 0 atom stereocenters. The third kappa shape index (κ3) is 3.81. The van der Waals surface area contributed by atoms with Crippen LogP contribution in [0.2, 0.25) is 0 Å². The van der Waals surface area contributed by atoms with Crippen LogP contribution >= 0.6 is 0 Å². The van der Waals surface area contributed by atoms with Crippen molar-refractivity contribution in [3.8, 4) is 5.75 Å². The first-order valence-corrected chi connectivity index (χ1v) is 5.22. The summed E-state index contributed by atoms with van der Waals surface area (Å²) in [6, 6.07) is 5.02. The molecule has 0 aliphatic carbocycles. The summed E-state index contributed by atoms with van der Waals surface area (Å²) in [6.07, 6.45) is -0.548. The van der Waals surface area contributed by atoms with Crippen LogP contribution in [0.3, 0.4) is 0 Å². The number of benzene rings is 1. The second-order valence-electron chi connectivity index (χ2n) is 4.14. The van der Waals surface area contributed by atoms with E-state index in [1.807, 2.05) is 20.8 Å². The Balaban J connectivity index is 2.56. The van der Waals surface area contributed by atoms with Gasteiger partial charge < -0.3 is 9.84 Å². The lowest BCUT2D eigenvalue weighted by atomic mass is 10.2. The van der Waals surface area contributed by atoms with Gasteiger partial charge >= 0.3 is 6.09 Å². The van der Waals surface area contributed by atoms with E-state index in [1.54, 1.807) is 18.2 Å². The monoisotopic (exact) mass is 223 g/mol. The second kappa shape index (κ2) is 5.39. The first kappa shape index (κ1) is 12.4. The number of phenols is 1. The molecule has 0 aromatic heterocycles. The van der Waals surface area contributed by atoms with Crippen LogP contribution in [-0.4, -0.2) is 17.8 Å². The van der Waals surface area contributed by atoms with E-state index < -0.39 is 6.09 Å². The summed E-state index contributed by atoms with van der Waals surface area (Å²) in [7, 11) is 0. The average molecular weight is 223 g/mol. The lowest BCUT2D eigenvalue weighted by Gasteiger charge is -2.10. The van der Waals surface area contributed by atoms with Gasteiger partial charge in [-0.25, -0.2) is 4.79 Å². The van der Waals surface area contributed by atoms with Crippen molar-refractivity contribution in [2.75, 3.05) is 11.9 Å². The number of nitrogens with one attached hydrogen (secondary N) is 1. The van der Waals surface area contributed by atoms with Gasteiger partial charge in [0.25, 0.3) is 0 Å². The maximum Gasteiger partial charge on any atom is 0.411 e. The highest BCUT2D eigenvalue weighted by atomic mass is 16.5. The minimum Gasteiger partial charge on any atom is -0.506 e. The molecule has 1 amide bonds. The number of ether oxygens (including phenoxy) is 1. The van der Waals surface area contributed by atoms with E-state index in [0.29, 0.717) is 12.3 Å². The van der Waals surface area contributed by atoms with Crippen molar-refractivity contribution in [3.63, 3.8) is 0 Å². The minimum atomic E-state index is -0.548. The zero-order valence-electron chi connectivity index (χ0n) is 9.78. The highest BCUT2D eigenvalue weighted by Crippen LogP contribution is 2.23. The van der Waals surface area contributed by atoms with Crippen LogP contribution in [0.5, 0.6) is 5.75 Å². The standard InChI is InChI=1S/C12H17NO3/c1-8(2)7-16-12(15)13-10-5-4-9(3)6-11(10)14/h4-6,8,14H,7H2,1-3H3,(H,13,15). The maximum atomic E-state index is 11.3. The van der Waals surface area contributed by atoms with Gasteiger partial charge in [0.05, 0.1) is 12.3 Å². The number of hydrogen-bond donors (Lipinski definition) is 2. The summed E-state index contributed by atoms with van der Waals surface area (Å²) in [6.45, 7) is 6.13. The summed E-state index contributed by atoms with van der Waals surface area (Å²) < 4.78 is 4.93. The highest BCUT2D eigenvalue weighted by molar-refractivity contribution is 5.86. The van der Waals surface area contributed by atoms with Crippen LogP contribution in [0, 0.1) is 12.8 Å². The number of rotatable bonds is 3. The quantitative estimate of drug-likeness (QED) is 0.774. The van der Waals surface area contributed by atoms with Crippen molar-refractivity contribution < 1.29 is 14.6 Å². The molecule has 0 unspecified atom stereocenters. The van der Waals surface area contributed by atoms with Crippen molar-refractivity contribution in [1.82, 2.24) is 0 Å². The van der Waals surface area contributed by atoms with Gasteiger partial charge in [-0.2, -0.15) is 0 Å². The number of phenolic OH excluding ortho intramolecular Hbond substituents is 1. The van der Waals surface area contributed by atoms with Gasteiger partial charge in [-0.1, -0.05) is 19.9 Å². The first-order chi connectivity index (χ1) is 7.49. The fourth-order valence-electron chi connectivity index (χ4n) is 1.14. The lowest BCUT2D eigenvalue weighted by Crippen LogP contribution is -2.16. The van der Waals surface area contributed by atoms with Crippen LogP contribution in [0.1, 0.15) is 19.4 Å². The molecule has 0 saturated carbocycles. The molecule has 0 heterocycles. The number of hydrogen-bond acceptors (Lipinski definition) is 3. The topological polar surface area (TPSA) is 58.6 Å². The van der Waals surface area contributed by atoms with E-state index in [2.05, 4.69) is 5.32 Å². The molecule has 4 nitrogen and oxygen atoms in total. The van der Waals surface area contributed by atoms with Crippen molar-refractivity contribution in [1.29, 1.82) is 0 Å². The van der Waals surface area contributed by atoms with Crippen LogP contribution in [-0.2, 0) is 4.74 Å². The molecule has 0 aliphatic rings. The summed E-state index contributed by atoms with van der Waals surface area (Å²) in [5.74, 6) is 0.332. The predicted octanol–water partition coefficient (Wildman–Crippen LogP) is 2.91. The van der Waals surface area contributed by atoms with Crippen molar-refractivity contribution >= 4 is 11.8 Å². The zero-order valence-corrected chi connectivity index (χ0v) is 9.78. The molecule has 0 radical (unpaired) electrons. The third-order valence-corrected chi connectivity index (χ3v) is 1.94. The van der Waals surface area contributed by atoms with Gasteiger partial charge in [0.1, 0.15) is 5.75 Å². The van der Waals surface area contributed by atoms with Gasteiger partial charge in [-0.15, -0.1) is 0 Å². The number of anilines is 1. The van der Waals surface area contributed by atoms with E-state index in [-0.39, 0.29) is 11.7 Å². The zero-order chi connectivity index (χ0) is 12.1. The van der Waals surface area contributed by atoms with Crippen LogP contribution in [0.15, 0.2) is 18.2 Å². The molecule has 0 saturated heterocycles. The Morgan fingerprint density at radius 2 is 2.19 bits per heavy atom. The molecular formula is C12H17NO3. The Labute approximate surface area is 95.2 Å². The summed E-state index contributed by atoms with van der Waals surface area (Å²) in [5, 5.41) is 12.0. The first-order valence-electron chi connectivity index (χ1n) is 5.22. The van der Waals surface area contributed by atoms with E-state index in [4.69, 9.17) is 4.74 Å². The van der Waals surface area contributed by atoms with Gasteiger partial charge in [-0.3, -0.25) is 5.32 Å². The molecule has 1 rings (SSSR count). The number of aryl methyl sites for hydroxylation is 1. The molecular weight excluding hydrogens is 206 g/mol. The molecule has 1 aromatic rings. The van der Waals surface area contributed by atoms with Gasteiger partial charge in [-0.05, 0) is 30.5 Å². The van der Waals surface area contributed by atoms with E-state index >= 15 is 0 Å². The summed E-state index contributed by atoms with van der Waals surface area (Å²) in [5.41, 5.74) is 1.29. The molecule has 88 valence electrons. The highest BCUT2D eigenvalue weighted by Gasteiger charge is 2.07. The molecule has 1 aromatic carbocycles. The summed E-state index contributed by atoms with van der Waals surface area (Å²) in [4.78, 5) is 11.3. The van der Waals surface area contributed by atoms with Crippen molar-refractivity contribution in [2.45, 2.75) is 20.8 Å². The molecule has 0 fully saturated rings. The van der Waals surface area contributed by atoms with Crippen LogP contribution < -0.4 is 5.32 Å². The molecule has 4 heteroatoms. The van der Waals surface area contributed by atoms with E-state index in [1.165, 1.54) is 0 Å². The fourth-order valence-corrected chi connectivity index (χ4v) is 1.14. The van der Waals surface area contributed by atoms with Gasteiger partial charge in [0.15, 0.2) is 0 Å². The van der Waals surface area contributed by atoms with Crippen molar-refractivity contribution in [2.24, 2.45) is 5.92 Å². The molecule has 2 N–H and O–H groups in total. The van der Waals surface area contributed by atoms with Gasteiger partial charge in [0.2, 0.25) is 0 Å². The third-order valence-electron chi connectivity index (χ3n) is 1.94. The lowest BCUT2D eigenvalue weighted by molar-refractivity contribution is 0.147. The Morgan fingerprint density at radius 3 is 2.75 bits per heavy atom. The normalized spacial score (nSPS) is 10.2. The van der Waals surface area contributed by atoms with E-state index in [0.717, 1.165) is 5.56 Å². The second-order valence-corrected chi connectivity index (χ2v) is 4.14. The molecule has 16 heavy (non-hydrogen) atoms. The maximum absolute atomic E-state index is 11.3. The fraction of sp³-hybridized carbons (Fsp3) is 0.417. The predicted molar refractivity (Wildman–Crippen MR) is 62.7 cm³/mol. The molecule has 0 spiro atoms. The van der Waals surface area contributed by atoms with Crippen LogP contribution in [0.25, 0.3) is 0 Å².